The maximum atomic E-state index is 12.0. The van der Waals surface area contributed by atoms with Gasteiger partial charge in [-0.25, -0.2) is 0 Å². The monoisotopic (exact) mass is 275 g/mol. The summed E-state index contributed by atoms with van der Waals surface area (Å²) in [4.78, 5) is 25.5. The number of carbonyl (C=O) groups is 2. The standard InChI is InChI=1S/C16H21NO3/c1-20-16(19)10-15(18)14-8-5-9-17(12-14)11-13-6-3-2-4-7-13/h2-4,6-7,14H,5,8-12H2,1H3/t14-/m0/s1. The van der Waals surface area contributed by atoms with Crippen LogP contribution in [-0.4, -0.2) is 36.9 Å². The Labute approximate surface area is 119 Å². The van der Waals surface area contributed by atoms with Crippen molar-refractivity contribution in [2.24, 2.45) is 5.92 Å². The molecule has 0 aromatic heterocycles. The number of hydrogen-bond donors (Lipinski definition) is 0. The van der Waals surface area contributed by atoms with Crippen LogP contribution in [0.2, 0.25) is 0 Å². The van der Waals surface area contributed by atoms with Gasteiger partial charge in [0.1, 0.15) is 12.2 Å². The first-order valence-electron chi connectivity index (χ1n) is 7.05. The van der Waals surface area contributed by atoms with E-state index in [1.807, 2.05) is 18.2 Å². The number of likely N-dealkylation sites (tertiary alicyclic amines) is 1. The van der Waals surface area contributed by atoms with Gasteiger partial charge < -0.3 is 4.74 Å². The maximum absolute atomic E-state index is 12.0. The molecule has 20 heavy (non-hydrogen) atoms. The van der Waals surface area contributed by atoms with E-state index in [1.165, 1.54) is 12.7 Å². The van der Waals surface area contributed by atoms with Crippen molar-refractivity contribution in [3.8, 4) is 0 Å². The number of Topliss-reactive ketones (excluding diaryl/α,β-unsaturated/α-hetero) is 1. The van der Waals surface area contributed by atoms with Crippen molar-refractivity contribution in [1.82, 2.24) is 4.90 Å². The fourth-order valence-electron chi connectivity index (χ4n) is 2.66. The highest BCUT2D eigenvalue weighted by Gasteiger charge is 2.27. The average molecular weight is 275 g/mol. The van der Waals surface area contributed by atoms with Gasteiger partial charge in [0.15, 0.2) is 0 Å². The first kappa shape index (κ1) is 14.7. The smallest absolute Gasteiger partial charge is 0.313 e. The van der Waals surface area contributed by atoms with E-state index in [0.717, 1.165) is 32.5 Å². The predicted molar refractivity (Wildman–Crippen MR) is 76.1 cm³/mol. The zero-order chi connectivity index (χ0) is 14.4. The van der Waals surface area contributed by atoms with E-state index in [0.29, 0.717) is 0 Å². The van der Waals surface area contributed by atoms with E-state index in [9.17, 15) is 9.59 Å². The van der Waals surface area contributed by atoms with Gasteiger partial charge in [0, 0.05) is 19.0 Å². The summed E-state index contributed by atoms with van der Waals surface area (Å²) in [6, 6.07) is 10.3. The number of carbonyl (C=O) groups excluding carboxylic acids is 2. The van der Waals surface area contributed by atoms with Crippen LogP contribution in [0.15, 0.2) is 30.3 Å². The summed E-state index contributed by atoms with van der Waals surface area (Å²) < 4.78 is 4.56. The molecule has 1 fully saturated rings. The third-order valence-corrected chi connectivity index (χ3v) is 3.76. The number of esters is 1. The second-order valence-corrected chi connectivity index (χ2v) is 5.28. The Morgan fingerprint density at radius 2 is 2.05 bits per heavy atom. The number of ketones is 1. The minimum Gasteiger partial charge on any atom is -0.469 e. The molecule has 1 aromatic carbocycles. The fraction of sp³-hybridized carbons (Fsp3) is 0.500. The van der Waals surface area contributed by atoms with Gasteiger partial charge in [0.2, 0.25) is 0 Å². The van der Waals surface area contributed by atoms with E-state index < -0.39 is 5.97 Å². The molecule has 0 bridgehead atoms. The molecular formula is C16H21NO3. The lowest BCUT2D eigenvalue weighted by Crippen LogP contribution is -2.38. The molecule has 0 radical (unpaired) electrons. The molecule has 1 aromatic rings. The third kappa shape index (κ3) is 4.17. The van der Waals surface area contributed by atoms with E-state index in [-0.39, 0.29) is 18.1 Å². The minimum atomic E-state index is -0.435. The molecule has 1 atom stereocenters. The van der Waals surface area contributed by atoms with Crippen LogP contribution in [0, 0.1) is 5.92 Å². The number of methoxy groups -OCH3 is 1. The third-order valence-electron chi connectivity index (χ3n) is 3.76. The largest absolute Gasteiger partial charge is 0.469 e. The Morgan fingerprint density at radius 1 is 1.30 bits per heavy atom. The Balaban J connectivity index is 1.88. The molecule has 108 valence electrons. The van der Waals surface area contributed by atoms with Crippen LogP contribution in [0.4, 0.5) is 0 Å². The SMILES string of the molecule is COC(=O)CC(=O)[C@H]1CCCN(Cc2ccccc2)C1. The van der Waals surface area contributed by atoms with Gasteiger partial charge in [0.05, 0.1) is 7.11 Å². The summed E-state index contributed by atoms with van der Waals surface area (Å²) in [5, 5.41) is 0. The fourth-order valence-corrected chi connectivity index (χ4v) is 2.66. The lowest BCUT2D eigenvalue weighted by Gasteiger charge is -2.31. The molecule has 1 saturated heterocycles. The molecular weight excluding hydrogens is 254 g/mol. The summed E-state index contributed by atoms with van der Waals surface area (Å²) in [6.07, 6.45) is 1.78. The van der Waals surface area contributed by atoms with E-state index in [4.69, 9.17) is 0 Å². The van der Waals surface area contributed by atoms with E-state index in [1.54, 1.807) is 0 Å². The van der Waals surface area contributed by atoms with Crippen LogP contribution in [0.1, 0.15) is 24.8 Å². The Hall–Kier alpha value is -1.68. The molecule has 4 heteroatoms. The first-order valence-corrected chi connectivity index (χ1v) is 7.05. The van der Waals surface area contributed by atoms with Crippen LogP contribution in [0.3, 0.4) is 0 Å². The summed E-state index contributed by atoms with van der Waals surface area (Å²) in [5.74, 6) is -0.462. The highest BCUT2D eigenvalue weighted by molar-refractivity contribution is 5.96. The van der Waals surface area contributed by atoms with Gasteiger partial charge in [-0.05, 0) is 24.9 Å². The Morgan fingerprint density at radius 3 is 2.75 bits per heavy atom. The second-order valence-electron chi connectivity index (χ2n) is 5.28. The van der Waals surface area contributed by atoms with Crippen LogP contribution in [-0.2, 0) is 20.9 Å². The van der Waals surface area contributed by atoms with Crippen molar-refractivity contribution in [3.63, 3.8) is 0 Å². The van der Waals surface area contributed by atoms with Crippen molar-refractivity contribution in [2.45, 2.75) is 25.8 Å². The van der Waals surface area contributed by atoms with Gasteiger partial charge >= 0.3 is 5.97 Å². The van der Waals surface area contributed by atoms with E-state index in [2.05, 4.69) is 21.8 Å². The maximum Gasteiger partial charge on any atom is 0.313 e. The molecule has 0 amide bonds. The summed E-state index contributed by atoms with van der Waals surface area (Å²) in [7, 11) is 1.32. The number of nitrogens with zero attached hydrogens (tertiary/aromatic N) is 1. The number of benzene rings is 1. The van der Waals surface area contributed by atoms with Gasteiger partial charge in [0.25, 0.3) is 0 Å². The van der Waals surface area contributed by atoms with Gasteiger partial charge in [-0.2, -0.15) is 0 Å². The van der Waals surface area contributed by atoms with Crippen LogP contribution in [0.25, 0.3) is 0 Å². The molecule has 1 aliphatic heterocycles. The van der Waals surface area contributed by atoms with Crippen LogP contribution < -0.4 is 0 Å². The molecule has 0 unspecified atom stereocenters. The molecule has 1 heterocycles. The molecule has 1 aliphatic rings. The van der Waals surface area contributed by atoms with Crippen molar-refractivity contribution >= 4 is 11.8 Å². The van der Waals surface area contributed by atoms with Gasteiger partial charge in [-0.15, -0.1) is 0 Å². The normalized spacial score (nSPS) is 19.6. The summed E-state index contributed by atoms with van der Waals surface area (Å²) in [6.45, 7) is 2.62. The number of ether oxygens (including phenoxy) is 1. The quantitative estimate of drug-likeness (QED) is 0.609. The summed E-state index contributed by atoms with van der Waals surface area (Å²) >= 11 is 0. The number of hydrogen-bond acceptors (Lipinski definition) is 4. The van der Waals surface area contributed by atoms with Crippen molar-refractivity contribution in [2.75, 3.05) is 20.2 Å². The molecule has 2 rings (SSSR count). The number of piperidine rings is 1. The lowest BCUT2D eigenvalue weighted by atomic mass is 9.92. The second kappa shape index (κ2) is 7.20. The molecule has 0 aliphatic carbocycles. The van der Waals surface area contributed by atoms with Crippen molar-refractivity contribution in [1.29, 1.82) is 0 Å². The summed E-state index contributed by atoms with van der Waals surface area (Å²) in [5.41, 5.74) is 1.26. The van der Waals surface area contributed by atoms with Crippen LogP contribution in [0.5, 0.6) is 0 Å². The van der Waals surface area contributed by atoms with E-state index >= 15 is 0 Å². The zero-order valence-electron chi connectivity index (χ0n) is 11.9. The average Bonchev–Trinajstić information content (AvgIpc) is 2.48. The minimum absolute atomic E-state index is 0.00890. The van der Waals surface area contributed by atoms with Gasteiger partial charge in [-0.1, -0.05) is 30.3 Å². The molecule has 0 saturated carbocycles. The first-order chi connectivity index (χ1) is 9.69. The molecule has 0 N–H and O–H groups in total. The Bertz CT molecular complexity index is 458. The number of rotatable bonds is 5. The van der Waals surface area contributed by atoms with Crippen molar-refractivity contribution < 1.29 is 14.3 Å². The molecule has 0 spiro atoms. The highest BCUT2D eigenvalue weighted by Crippen LogP contribution is 2.20. The lowest BCUT2D eigenvalue weighted by molar-refractivity contribution is -0.144. The van der Waals surface area contributed by atoms with Gasteiger partial charge in [-0.3, -0.25) is 14.5 Å². The Kier molecular flexibility index (Phi) is 5.30. The van der Waals surface area contributed by atoms with Crippen LogP contribution >= 0.6 is 0 Å². The topological polar surface area (TPSA) is 46.6 Å². The predicted octanol–water partition coefficient (Wildman–Crippen LogP) is 2.03. The molecule has 4 nitrogen and oxygen atoms in total. The highest BCUT2D eigenvalue weighted by atomic mass is 16.5. The zero-order valence-corrected chi connectivity index (χ0v) is 11.9. The van der Waals surface area contributed by atoms with Crippen molar-refractivity contribution in [3.05, 3.63) is 35.9 Å².